The molecule has 0 saturated heterocycles. The molecule has 1 heterocycles. The molecule has 1 aromatic heterocycles. The van der Waals surface area contributed by atoms with Gasteiger partial charge in [-0.25, -0.2) is 0 Å². The zero-order chi connectivity index (χ0) is 18.8. The maximum absolute atomic E-state index is 12.5. The van der Waals surface area contributed by atoms with Gasteiger partial charge in [-0.1, -0.05) is 30.3 Å². The molecular weight excluding hydrogens is 338 g/mol. The number of hydrogen-bond acceptors (Lipinski definition) is 4. The van der Waals surface area contributed by atoms with E-state index in [2.05, 4.69) is 16.7 Å². The second kappa shape index (κ2) is 6.85. The minimum Gasteiger partial charge on any atom is -0.456 e. The van der Waals surface area contributed by atoms with Crippen molar-refractivity contribution in [2.24, 2.45) is 0 Å². The fourth-order valence-electron chi connectivity index (χ4n) is 3.06. The normalized spacial score (nSPS) is 11.9. The lowest BCUT2D eigenvalue weighted by molar-refractivity contribution is -0.116. The standard InChI is InChI=1S/C22H17N3O2/c1-14(22(26)25-19-8-4-2-6-15(19)13-23)24-16-10-11-21-18(12-16)17-7-3-5-9-20(17)27-21/h2-12,14,24H,1H3,(H,25,26)/t14-/m0/s1. The summed E-state index contributed by atoms with van der Waals surface area (Å²) < 4.78 is 5.83. The van der Waals surface area contributed by atoms with Crippen LogP contribution in [0, 0.1) is 11.3 Å². The van der Waals surface area contributed by atoms with Crippen molar-refractivity contribution in [3.63, 3.8) is 0 Å². The van der Waals surface area contributed by atoms with Crippen LogP contribution in [0.4, 0.5) is 11.4 Å². The summed E-state index contributed by atoms with van der Waals surface area (Å²) in [5, 5.41) is 17.2. The molecule has 5 heteroatoms. The Bertz CT molecular complexity index is 1190. The Kier molecular flexibility index (Phi) is 4.23. The van der Waals surface area contributed by atoms with Crippen LogP contribution in [0.5, 0.6) is 0 Å². The third-order valence-electron chi connectivity index (χ3n) is 4.46. The number of rotatable bonds is 4. The van der Waals surface area contributed by atoms with Crippen molar-refractivity contribution in [1.82, 2.24) is 0 Å². The molecule has 4 rings (SSSR count). The van der Waals surface area contributed by atoms with Crippen molar-refractivity contribution in [2.45, 2.75) is 13.0 Å². The second-order valence-electron chi connectivity index (χ2n) is 6.32. The van der Waals surface area contributed by atoms with Gasteiger partial charge in [0.25, 0.3) is 0 Å². The Balaban J connectivity index is 1.55. The number of amides is 1. The molecule has 0 spiro atoms. The van der Waals surface area contributed by atoms with Gasteiger partial charge in [0.15, 0.2) is 0 Å². The summed E-state index contributed by atoms with van der Waals surface area (Å²) in [6.07, 6.45) is 0. The molecule has 0 unspecified atom stereocenters. The van der Waals surface area contributed by atoms with E-state index in [-0.39, 0.29) is 5.91 Å². The molecule has 132 valence electrons. The quantitative estimate of drug-likeness (QED) is 0.546. The van der Waals surface area contributed by atoms with Crippen molar-refractivity contribution >= 4 is 39.2 Å². The van der Waals surface area contributed by atoms with E-state index in [0.29, 0.717) is 11.3 Å². The first kappa shape index (κ1) is 16.7. The zero-order valence-electron chi connectivity index (χ0n) is 14.7. The molecule has 0 bridgehead atoms. The number of nitrogens with one attached hydrogen (secondary N) is 2. The van der Waals surface area contributed by atoms with Crippen molar-refractivity contribution in [3.8, 4) is 6.07 Å². The van der Waals surface area contributed by atoms with E-state index < -0.39 is 6.04 Å². The lowest BCUT2D eigenvalue weighted by Crippen LogP contribution is -2.32. The van der Waals surface area contributed by atoms with E-state index in [0.717, 1.165) is 27.6 Å². The number of para-hydroxylation sites is 2. The average molecular weight is 355 g/mol. The molecule has 0 fully saturated rings. The van der Waals surface area contributed by atoms with E-state index in [1.807, 2.05) is 42.5 Å². The number of furan rings is 1. The Hall–Kier alpha value is -3.78. The third-order valence-corrected chi connectivity index (χ3v) is 4.46. The van der Waals surface area contributed by atoms with Crippen LogP contribution < -0.4 is 10.6 Å². The number of carbonyl (C=O) groups excluding carboxylic acids is 1. The van der Waals surface area contributed by atoms with Gasteiger partial charge in [-0.15, -0.1) is 0 Å². The van der Waals surface area contributed by atoms with Gasteiger partial charge in [0.2, 0.25) is 5.91 Å². The number of nitrogens with zero attached hydrogens (tertiary/aromatic N) is 1. The average Bonchev–Trinajstić information content (AvgIpc) is 3.06. The number of anilines is 2. The smallest absolute Gasteiger partial charge is 0.246 e. The highest BCUT2D eigenvalue weighted by atomic mass is 16.3. The summed E-state index contributed by atoms with van der Waals surface area (Å²) in [7, 11) is 0. The van der Waals surface area contributed by atoms with Crippen LogP contribution >= 0.6 is 0 Å². The SMILES string of the molecule is C[C@H](Nc1ccc2oc3ccccc3c2c1)C(=O)Nc1ccccc1C#N. The van der Waals surface area contributed by atoms with Crippen molar-refractivity contribution in [3.05, 3.63) is 72.3 Å². The molecule has 3 aromatic carbocycles. The van der Waals surface area contributed by atoms with Crippen LogP contribution in [-0.2, 0) is 4.79 Å². The van der Waals surface area contributed by atoms with E-state index in [1.54, 1.807) is 31.2 Å². The topological polar surface area (TPSA) is 78.1 Å². The van der Waals surface area contributed by atoms with Gasteiger partial charge in [-0.05, 0) is 43.3 Å². The van der Waals surface area contributed by atoms with Crippen molar-refractivity contribution in [2.75, 3.05) is 10.6 Å². The van der Waals surface area contributed by atoms with Crippen LogP contribution in [0.15, 0.2) is 71.1 Å². The summed E-state index contributed by atoms with van der Waals surface area (Å²) in [5.74, 6) is -0.213. The molecule has 1 atom stereocenters. The van der Waals surface area contributed by atoms with Crippen LogP contribution in [0.3, 0.4) is 0 Å². The fourth-order valence-corrected chi connectivity index (χ4v) is 3.06. The van der Waals surface area contributed by atoms with Gasteiger partial charge in [-0.3, -0.25) is 4.79 Å². The summed E-state index contributed by atoms with van der Waals surface area (Å²) in [6, 6.07) is 22.2. The molecule has 0 aliphatic rings. The number of hydrogen-bond donors (Lipinski definition) is 2. The van der Waals surface area contributed by atoms with Crippen LogP contribution in [0.2, 0.25) is 0 Å². The Morgan fingerprint density at radius 2 is 1.74 bits per heavy atom. The largest absolute Gasteiger partial charge is 0.456 e. The van der Waals surface area contributed by atoms with Crippen LogP contribution in [0.25, 0.3) is 21.9 Å². The monoisotopic (exact) mass is 355 g/mol. The maximum atomic E-state index is 12.5. The predicted molar refractivity (Wildman–Crippen MR) is 107 cm³/mol. The minimum absolute atomic E-state index is 0.213. The molecule has 0 saturated carbocycles. The van der Waals surface area contributed by atoms with Crippen molar-refractivity contribution < 1.29 is 9.21 Å². The number of benzene rings is 3. The molecule has 5 nitrogen and oxygen atoms in total. The van der Waals surface area contributed by atoms with Gasteiger partial charge in [0.05, 0.1) is 11.3 Å². The highest BCUT2D eigenvalue weighted by Gasteiger charge is 2.15. The first-order chi connectivity index (χ1) is 13.2. The van der Waals surface area contributed by atoms with Gasteiger partial charge >= 0.3 is 0 Å². The van der Waals surface area contributed by atoms with Gasteiger partial charge in [0.1, 0.15) is 23.3 Å². The predicted octanol–water partition coefficient (Wildman–Crippen LogP) is 4.90. The van der Waals surface area contributed by atoms with E-state index in [4.69, 9.17) is 9.68 Å². The number of carbonyl (C=O) groups is 1. The maximum Gasteiger partial charge on any atom is 0.246 e. The van der Waals surface area contributed by atoms with Gasteiger partial charge in [-0.2, -0.15) is 5.26 Å². The molecule has 1 amide bonds. The minimum atomic E-state index is -0.479. The summed E-state index contributed by atoms with van der Waals surface area (Å²) >= 11 is 0. The van der Waals surface area contributed by atoms with Crippen LogP contribution in [-0.4, -0.2) is 11.9 Å². The molecule has 0 radical (unpaired) electrons. The Labute approximate surface area is 156 Å². The van der Waals surface area contributed by atoms with Crippen LogP contribution in [0.1, 0.15) is 12.5 Å². The van der Waals surface area contributed by atoms with E-state index in [1.165, 1.54) is 0 Å². The van der Waals surface area contributed by atoms with Gasteiger partial charge < -0.3 is 15.1 Å². The molecule has 27 heavy (non-hydrogen) atoms. The molecule has 0 aliphatic carbocycles. The van der Waals surface area contributed by atoms with Crippen molar-refractivity contribution in [1.29, 1.82) is 5.26 Å². The fraction of sp³-hybridized carbons (Fsp3) is 0.0909. The Morgan fingerprint density at radius 3 is 2.59 bits per heavy atom. The molecule has 2 N–H and O–H groups in total. The summed E-state index contributed by atoms with van der Waals surface area (Å²) in [5.41, 5.74) is 3.41. The number of fused-ring (bicyclic) bond motifs is 3. The zero-order valence-corrected chi connectivity index (χ0v) is 14.7. The molecule has 0 aliphatic heterocycles. The van der Waals surface area contributed by atoms with E-state index in [9.17, 15) is 4.79 Å². The highest BCUT2D eigenvalue weighted by Crippen LogP contribution is 2.30. The molecular formula is C22H17N3O2. The molecule has 4 aromatic rings. The highest BCUT2D eigenvalue weighted by molar-refractivity contribution is 6.06. The van der Waals surface area contributed by atoms with E-state index >= 15 is 0 Å². The first-order valence-corrected chi connectivity index (χ1v) is 8.63. The van der Waals surface area contributed by atoms with Gasteiger partial charge in [0, 0.05) is 16.5 Å². The third kappa shape index (κ3) is 3.21. The second-order valence-corrected chi connectivity index (χ2v) is 6.32. The summed E-state index contributed by atoms with van der Waals surface area (Å²) in [6.45, 7) is 1.78. The lowest BCUT2D eigenvalue weighted by Gasteiger charge is -2.16. The number of nitriles is 1. The Morgan fingerprint density at radius 1 is 1.00 bits per heavy atom. The first-order valence-electron chi connectivity index (χ1n) is 8.63. The summed E-state index contributed by atoms with van der Waals surface area (Å²) in [4.78, 5) is 12.5. The lowest BCUT2D eigenvalue weighted by atomic mass is 10.1.